The molecule has 0 aliphatic heterocycles. The molecule has 0 spiro atoms. The molecule has 0 bridgehead atoms. The highest BCUT2D eigenvalue weighted by Crippen LogP contribution is 2.27. The van der Waals surface area contributed by atoms with Crippen LogP contribution in [-0.2, 0) is 0 Å². The molecule has 104 valence electrons. The molecular weight excluding hydrogens is 334 g/mol. The summed E-state index contributed by atoms with van der Waals surface area (Å²) in [7, 11) is 0. The average Bonchev–Trinajstić information content (AvgIpc) is 2.44. The summed E-state index contributed by atoms with van der Waals surface area (Å²) >= 11 is 5.13. The number of para-hydroxylation sites is 1. The summed E-state index contributed by atoms with van der Waals surface area (Å²) < 4.78 is 0.907. The van der Waals surface area contributed by atoms with Crippen molar-refractivity contribution in [3.8, 4) is 0 Å². The van der Waals surface area contributed by atoms with E-state index in [0.29, 0.717) is 5.56 Å². The third-order valence-electron chi connectivity index (χ3n) is 2.88. The molecule has 2 rings (SSSR count). The summed E-state index contributed by atoms with van der Waals surface area (Å²) in [4.78, 5) is 13.5. The third-order valence-corrected chi connectivity index (χ3v) is 4.33. The van der Waals surface area contributed by atoms with Gasteiger partial charge in [-0.1, -0.05) is 41.1 Å². The number of aryl methyl sites for hydroxylation is 1. The highest BCUT2D eigenvalue weighted by molar-refractivity contribution is 9.10. The molecular formula is C16H16BrNOS. The predicted molar refractivity (Wildman–Crippen MR) is 89.7 cm³/mol. The minimum atomic E-state index is -0.0760. The lowest BCUT2D eigenvalue weighted by Crippen LogP contribution is -2.14. The van der Waals surface area contributed by atoms with Crippen molar-refractivity contribution in [2.24, 2.45) is 0 Å². The Morgan fingerprint density at radius 1 is 1.25 bits per heavy atom. The van der Waals surface area contributed by atoms with Gasteiger partial charge in [0, 0.05) is 14.9 Å². The molecule has 0 unspecified atom stereocenters. The summed E-state index contributed by atoms with van der Waals surface area (Å²) in [5.41, 5.74) is 2.52. The summed E-state index contributed by atoms with van der Waals surface area (Å²) in [5.74, 6) is 0.899. The van der Waals surface area contributed by atoms with Gasteiger partial charge in [0.25, 0.3) is 5.91 Å². The first-order valence-electron chi connectivity index (χ1n) is 6.41. The number of hydrogen-bond donors (Lipinski definition) is 1. The fourth-order valence-corrected chi connectivity index (χ4v) is 3.00. The predicted octanol–water partition coefficient (Wildman–Crippen LogP) is 5.12. The average molecular weight is 350 g/mol. The number of halogens is 1. The van der Waals surface area contributed by atoms with Gasteiger partial charge in [-0.2, -0.15) is 0 Å². The van der Waals surface area contributed by atoms with Crippen LogP contribution in [0.4, 0.5) is 5.69 Å². The molecule has 2 aromatic carbocycles. The molecule has 0 saturated carbocycles. The Morgan fingerprint density at radius 2 is 2.00 bits per heavy atom. The van der Waals surface area contributed by atoms with Gasteiger partial charge in [0.2, 0.25) is 0 Å². The van der Waals surface area contributed by atoms with Gasteiger partial charge in [0.05, 0.1) is 5.69 Å². The van der Waals surface area contributed by atoms with Gasteiger partial charge in [0.1, 0.15) is 0 Å². The van der Waals surface area contributed by atoms with Crippen molar-refractivity contribution in [3.63, 3.8) is 0 Å². The first-order valence-corrected chi connectivity index (χ1v) is 8.19. The second kappa shape index (κ2) is 6.95. The molecule has 20 heavy (non-hydrogen) atoms. The molecule has 0 fully saturated rings. The normalized spacial score (nSPS) is 10.3. The van der Waals surface area contributed by atoms with Crippen molar-refractivity contribution in [2.45, 2.75) is 18.7 Å². The molecule has 0 aliphatic carbocycles. The van der Waals surface area contributed by atoms with Crippen LogP contribution in [0.1, 0.15) is 22.8 Å². The zero-order chi connectivity index (χ0) is 14.5. The van der Waals surface area contributed by atoms with E-state index in [1.165, 1.54) is 0 Å². The lowest BCUT2D eigenvalue weighted by atomic mass is 10.1. The molecule has 4 heteroatoms. The van der Waals surface area contributed by atoms with Gasteiger partial charge in [-0.25, -0.2) is 0 Å². The Kier molecular flexibility index (Phi) is 5.26. The Hall–Kier alpha value is -1.26. The summed E-state index contributed by atoms with van der Waals surface area (Å²) in [6, 6.07) is 13.6. The Labute approximate surface area is 132 Å². The number of amides is 1. The van der Waals surface area contributed by atoms with Crippen molar-refractivity contribution in [1.82, 2.24) is 0 Å². The highest BCUT2D eigenvalue weighted by Gasteiger charge is 2.11. The van der Waals surface area contributed by atoms with Gasteiger partial charge < -0.3 is 5.32 Å². The van der Waals surface area contributed by atoms with Crippen molar-refractivity contribution >= 4 is 39.3 Å². The van der Waals surface area contributed by atoms with Crippen LogP contribution in [0.5, 0.6) is 0 Å². The summed E-state index contributed by atoms with van der Waals surface area (Å²) in [6.45, 7) is 4.04. The smallest absolute Gasteiger partial charge is 0.255 e. The number of rotatable bonds is 4. The van der Waals surface area contributed by atoms with E-state index in [2.05, 4.69) is 28.2 Å². The lowest BCUT2D eigenvalue weighted by Gasteiger charge is -2.11. The lowest BCUT2D eigenvalue weighted by molar-refractivity contribution is 0.102. The fraction of sp³-hybridized carbons (Fsp3) is 0.188. The second-order valence-corrected chi connectivity index (χ2v) is 6.56. The molecule has 1 N–H and O–H groups in total. The van der Waals surface area contributed by atoms with Crippen LogP contribution < -0.4 is 5.32 Å². The fourth-order valence-electron chi connectivity index (χ4n) is 1.88. The van der Waals surface area contributed by atoms with E-state index < -0.39 is 0 Å². The van der Waals surface area contributed by atoms with Gasteiger partial charge in [-0.15, -0.1) is 11.8 Å². The topological polar surface area (TPSA) is 29.1 Å². The Bertz CT molecular complexity index is 628. The molecule has 0 atom stereocenters. The number of thioether (sulfide) groups is 1. The molecule has 0 saturated heterocycles. The zero-order valence-electron chi connectivity index (χ0n) is 11.4. The monoisotopic (exact) mass is 349 g/mol. The Morgan fingerprint density at radius 3 is 2.75 bits per heavy atom. The highest BCUT2D eigenvalue weighted by atomic mass is 79.9. The van der Waals surface area contributed by atoms with E-state index in [-0.39, 0.29) is 5.91 Å². The molecule has 1 amide bonds. The summed E-state index contributed by atoms with van der Waals surface area (Å²) in [6.07, 6.45) is 0. The number of nitrogens with one attached hydrogen (secondary N) is 1. The molecule has 0 radical (unpaired) electrons. The van der Waals surface area contributed by atoms with Gasteiger partial charge in [-0.3, -0.25) is 4.79 Å². The van der Waals surface area contributed by atoms with Crippen LogP contribution in [0, 0.1) is 6.92 Å². The van der Waals surface area contributed by atoms with Crippen molar-refractivity contribution in [2.75, 3.05) is 11.1 Å². The van der Waals surface area contributed by atoms with E-state index in [1.54, 1.807) is 11.8 Å². The van der Waals surface area contributed by atoms with Crippen molar-refractivity contribution < 1.29 is 4.79 Å². The maximum absolute atomic E-state index is 12.4. The molecule has 0 heterocycles. The molecule has 2 aromatic rings. The quantitative estimate of drug-likeness (QED) is 0.776. The number of carbonyl (C=O) groups is 1. The Balaban J connectivity index is 2.26. The molecule has 0 aromatic heterocycles. The first kappa shape index (κ1) is 15.1. The molecule has 2 nitrogen and oxygen atoms in total. The van der Waals surface area contributed by atoms with Crippen LogP contribution in [0.3, 0.4) is 0 Å². The summed E-state index contributed by atoms with van der Waals surface area (Å²) in [5, 5.41) is 3.00. The number of hydrogen-bond acceptors (Lipinski definition) is 2. The van der Waals surface area contributed by atoms with Crippen LogP contribution >= 0.6 is 27.7 Å². The van der Waals surface area contributed by atoms with Crippen LogP contribution in [-0.4, -0.2) is 11.7 Å². The van der Waals surface area contributed by atoms with Gasteiger partial charge >= 0.3 is 0 Å². The van der Waals surface area contributed by atoms with Crippen LogP contribution in [0.15, 0.2) is 51.8 Å². The first-order chi connectivity index (χ1) is 9.61. The van der Waals surface area contributed by atoms with Gasteiger partial charge in [-0.05, 0) is 42.5 Å². The van der Waals surface area contributed by atoms with Crippen LogP contribution in [0.25, 0.3) is 0 Å². The largest absolute Gasteiger partial charge is 0.321 e. The SMILES string of the molecule is CCSc1ccccc1NC(=O)c1cc(Br)ccc1C. The second-order valence-electron chi connectivity index (χ2n) is 4.34. The minimum Gasteiger partial charge on any atom is -0.321 e. The standard InChI is InChI=1S/C16H16BrNOS/c1-3-20-15-7-5-4-6-14(15)18-16(19)13-10-12(17)9-8-11(13)2/h4-10H,3H2,1-2H3,(H,18,19). The maximum atomic E-state index is 12.4. The van der Waals surface area contributed by atoms with Crippen molar-refractivity contribution in [1.29, 1.82) is 0 Å². The maximum Gasteiger partial charge on any atom is 0.255 e. The van der Waals surface area contributed by atoms with E-state index in [0.717, 1.165) is 26.4 Å². The zero-order valence-corrected chi connectivity index (χ0v) is 13.8. The number of anilines is 1. The number of carbonyl (C=O) groups excluding carboxylic acids is 1. The van der Waals surface area contributed by atoms with E-state index in [4.69, 9.17) is 0 Å². The molecule has 0 aliphatic rings. The minimum absolute atomic E-state index is 0.0760. The van der Waals surface area contributed by atoms with Crippen LogP contribution in [0.2, 0.25) is 0 Å². The number of benzene rings is 2. The van der Waals surface area contributed by atoms with E-state index in [1.807, 2.05) is 49.4 Å². The van der Waals surface area contributed by atoms with E-state index >= 15 is 0 Å². The van der Waals surface area contributed by atoms with Crippen molar-refractivity contribution in [3.05, 3.63) is 58.1 Å². The van der Waals surface area contributed by atoms with Gasteiger partial charge in [0.15, 0.2) is 0 Å². The van der Waals surface area contributed by atoms with E-state index in [9.17, 15) is 4.79 Å². The third kappa shape index (κ3) is 3.64.